The van der Waals surface area contributed by atoms with Crippen LogP contribution in [0, 0.1) is 17.5 Å². The van der Waals surface area contributed by atoms with Gasteiger partial charge in [-0.25, -0.2) is 18.2 Å². The van der Waals surface area contributed by atoms with Crippen LogP contribution in [-0.2, 0) is 11.8 Å². The number of hydrogen-bond donors (Lipinski definition) is 1. The van der Waals surface area contributed by atoms with Crippen molar-refractivity contribution in [2.45, 2.75) is 25.6 Å². The van der Waals surface area contributed by atoms with Crippen molar-refractivity contribution in [2.75, 3.05) is 0 Å². The minimum absolute atomic E-state index is 0.0585. The summed E-state index contributed by atoms with van der Waals surface area (Å²) in [5.41, 5.74) is -1.97. The molecular weight excluding hydrogens is 458 g/mol. The lowest BCUT2D eigenvalue weighted by atomic mass is 10.0. The topological polar surface area (TPSA) is 38.0 Å². The highest BCUT2D eigenvalue weighted by Gasteiger charge is 2.35. The van der Waals surface area contributed by atoms with Gasteiger partial charge in [0, 0.05) is 23.0 Å². The van der Waals surface area contributed by atoms with Gasteiger partial charge in [0.05, 0.1) is 11.3 Å². The average Bonchev–Trinajstić information content (AvgIpc) is 3.23. The molecule has 4 aromatic rings. The van der Waals surface area contributed by atoms with Crippen LogP contribution in [0.25, 0.3) is 28.2 Å². The zero-order valence-corrected chi connectivity index (χ0v) is 18.0. The molecule has 34 heavy (non-hydrogen) atoms. The van der Waals surface area contributed by atoms with Crippen LogP contribution in [0.5, 0.6) is 0 Å². The summed E-state index contributed by atoms with van der Waals surface area (Å²) in [6, 6.07) is 12.6. The molecule has 1 heterocycles. The Bertz CT molecular complexity index is 1350. The highest BCUT2D eigenvalue weighted by atomic mass is 19.4. The van der Waals surface area contributed by atoms with Crippen molar-refractivity contribution in [1.82, 2.24) is 9.55 Å². The second-order valence-corrected chi connectivity index (χ2v) is 8.19. The molecule has 0 bridgehead atoms. The summed E-state index contributed by atoms with van der Waals surface area (Å²) in [4.78, 5) is 4.28. The third-order valence-electron chi connectivity index (χ3n) is 5.30. The van der Waals surface area contributed by atoms with Crippen LogP contribution < -0.4 is 0 Å². The third kappa shape index (κ3) is 4.31. The van der Waals surface area contributed by atoms with Gasteiger partial charge in [-0.2, -0.15) is 13.2 Å². The lowest BCUT2D eigenvalue weighted by Crippen LogP contribution is -2.15. The highest BCUT2D eigenvalue weighted by molar-refractivity contribution is 5.68. The Kier molecular flexibility index (Phi) is 5.77. The minimum Gasteiger partial charge on any atom is -0.384 e. The largest absolute Gasteiger partial charge is 0.417 e. The van der Waals surface area contributed by atoms with Gasteiger partial charge in [0.1, 0.15) is 11.4 Å². The Labute approximate surface area is 190 Å². The molecule has 4 rings (SSSR count). The van der Waals surface area contributed by atoms with Crippen LogP contribution in [0.2, 0.25) is 0 Å². The van der Waals surface area contributed by atoms with E-state index in [0.717, 1.165) is 18.2 Å². The maximum atomic E-state index is 14.2. The van der Waals surface area contributed by atoms with Gasteiger partial charge >= 0.3 is 6.18 Å². The minimum atomic E-state index is -4.64. The molecule has 0 spiro atoms. The summed E-state index contributed by atoms with van der Waals surface area (Å²) < 4.78 is 83.5. The Morgan fingerprint density at radius 2 is 1.44 bits per heavy atom. The number of alkyl halides is 3. The van der Waals surface area contributed by atoms with Gasteiger partial charge < -0.3 is 5.11 Å². The molecule has 176 valence electrons. The fourth-order valence-electron chi connectivity index (χ4n) is 3.54. The molecule has 0 aliphatic heterocycles. The molecule has 1 N–H and O–H groups in total. The first kappa shape index (κ1) is 23.6. The fraction of sp³-hybridized carbons (Fsp3) is 0.160. The summed E-state index contributed by atoms with van der Waals surface area (Å²) in [6.45, 7) is 2.90. The average molecular weight is 476 g/mol. The Balaban J connectivity index is 1.86. The van der Waals surface area contributed by atoms with Gasteiger partial charge in [0.2, 0.25) is 0 Å². The summed E-state index contributed by atoms with van der Waals surface area (Å²) in [5.74, 6) is -4.32. The lowest BCUT2D eigenvalue weighted by molar-refractivity contribution is -0.137. The van der Waals surface area contributed by atoms with E-state index in [1.54, 1.807) is 0 Å². The maximum Gasteiger partial charge on any atom is 0.417 e. The molecule has 0 aliphatic rings. The van der Waals surface area contributed by atoms with Gasteiger partial charge in [0.15, 0.2) is 17.5 Å². The summed E-state index contributed by atoms with van der Waals surface area (Å²) >= 11 is 0. The maximum absolute atomic E-state index is 14.2. The standard InChI is InChI=1S/C25H18F6N2O/c1-24(2,34)20-13-33(23(32-20)17-5-3-4-6-18(17)25(29,30)31)15-9-7-14(8-10-15)16-11-12-19(26)22(28)21(16)27/h3-13,34H,1-2H3. The Morgan fingerprint density at radius 1 is 0.794 bits per heavy atom. The van der Waals surface area contributed by atoms with Gasteiger partial charge in [0.25, 0.3) is 0 Å². The molecule has 0 aliphatic carbocycles. The van der Waals surface area contributed by atoms with E-state index in [4.69, 9.17) is 0 Å². The van der Waals surface area contributed by atoms with E-state index in [0.29, 0.717) is 5.69 Å². The predicted molar refractivity (Wildman–Crippen MR) is 115 cm³/mol. The van der Waals surface area contributed by atoms with E-state index in [1.807, 2.05) is 0 Å². The van der Waals surface area contributed by atoms with Gasteiger partial charge in [-0.15, -0.1) is 0 Å². The molecule has 3 nitrogen and oxygen atoms in total. The van der Waals surface area contributed by atoms with E-state index >= 15 is 0 Å². The number of halogens is 6. The smallest absolute Gasteiger partial charge is 0.384 e. The second kappa shape index (κ2) is 8.32. The van der Waals surface area contributed by atoms with Crippen molar-refractivity contribution in [2.24, 2.45) is 0 Å². The number of aromatic nitrogens is 2. The first-order valence-electron chi connectivity index (χ1n) is 10.1. The van der Waals surface area contributed by atoms with Crippen LogP contribution in [0.15, 0.2) is 66.9 Å². The first-order valence-corrected chi connectivity index (χ1v) is 10.1. The van der Waals surface area contributed by atoms with Crippen molar-refractivity contribution in [3.8, 4) is 28.2 Å². The third-order valence-corrected chi connectivity index (χ3v) is 5.30. The number of aliphatic hydroxyl groups is 1. The van der Waals surface area contributed by atoms with Crippen molar-refractivity contribution >= 4 is 0 Å². The summed E-state index contributed by atoms with van der Waals surface area (Å²) in [6.07, 6.45) is -3.23. The monoisotopic (exact) mass is 476 g/mol. The van der Waals surface area contributed by atoms with Crippen molar-refractivity contribution in [3.63, 3.8) is 0 Å². The van der Waals surface area contributed by atoms with E-state index in [-0.39, 0.29) is 28.2 Å². The van der Waals surface area contributed by atoms with Crippen LogP contribution in [0.3, 0.4) is 0 Å². The molecule has 0 unspecified atom stereocenters. The van der Waals surface area contributed by atoms with Crippen molar-refractivity contribution in [3.05, 3.63) is 95.6 Å². The normalized spacial score (nSPS) is 12.3. The zero-order valence-electron chi connectivity index (χ0n) is 18.0. The van der Waals surface area contributed by atoms with Crippen LogP contribution in [-0.4, -0.2) is 14.7 Å². The molecule has 3 aromatic carbocycles. The van der Waals surface area contributed by atoms with E-state index in [9.17, 15) is 31.4 Å². The number of rotatable bonds is 4. The number of imidazole rings is 1. The SMILES string of the molecule is CC(C)(O)c1cn(-c2ccc(-c3ccc(F)c(F)c3F)cc2)c(-c2ccccc2C(F)(F)F)n1. The Hall–Kier alpha value is -3.59. The molecule has 0 saturated carbocycles. The van der Waals surface area contributed by atoms with E-state index < -0.39 is 34.8 Å². The first-order chi connectivity index (χ1) is 15.9. The Morgan fingerprint density at radius 3 is 2.06 bits per heavy atom. The summed E-state index contributed by atoms with van der Waals surface area (Å²) in [5, 5.41) is 10.4. The molecule has 0 amide bonds. The number of nitrogens with zero attached hydrogens (tertiary/aromatic N) is 2. The van der Waals surface area contributed by atoms with Gasteiger partial charge in [-0.3, -0.25) is 4.57 Å². The molecule has 9 heteroatoms. The second-order valence-electron chi connectivity index (χ2n) is 8.19. The predicted octanol–water partition coefficient (Wildman–Crippen LogP) is 6.87. The van der Waals surface area contributed by atoms with E-state index in [1.165, 1.54) is 67.1 Å². The van der Waals surface area contributed by atoms with E-state index in [2.05, 4.69) is 4.98 Å². The number of benzene rings is 3. The lowest BCUT2D eigenvalue weighted by Gasteiger charge is -2.14. The molecule has 0 saturated heterocycles. The summed E-state index contributed by atoms with van der Waals surface area (Å²) in [7, 11) is 0. The van der Waals surface area contributed by atoms with Crippen LogP contribution in [0.1, 0.15) is 25.1 Å². The van der Waals surface area contributed by atoms with Crippen LogP contribution in [0.4, 0.5) is 26.3 Å². The quantitative estimate of drug-likeness (QED) is 0.258. The van der Waals surface area contributed by atoms with Gasteiger partial charge in [-0.05, 0) is 49.7 Å². The fourth-order valence-corrected chi connectivity index (χ4v) is 3.54. The molecule has 0 fully saturated rings. The van der Waals surface area contributed by atoms with Crippen molar-refractivity contribution in [1.29, 1.82) is 0 Å². The zero-order chi connectivity index (χ0) is 24.8. The molecule has 0 radical (unpaired) electrons. The molecule has 1 aromatic heterocycles. The molecule has 0 atom stereocenters. The van der Waals surface area contributed by atoms with Gasteiger partial charge in [-0.1, -0.05) is 30.3 Å². The van der Waals surface area contributed by atoms with Crippen LogP contribution >= 0.6 is 0 Å². The van der Waals surface area contributed by atoms with Crippen molar-refractivity contribution < 1.29 is 31.4 Å². The number of hydrogen-bond acceptors (Lipinski definition) is 2. The highest BCUT2D eigenvalue weighted by Crippen LogP contribution is 2.38. The molecular formula is C25H18F6N2O.